The summed E-state index contributed by atoms with van der Waals surface area (Å²) in [6.45, 7) is 0.248. The molecule has 0 bridgehead atoms. The number of Topliss-reactive ketones (excluding diaryl/α,β-unsaturated/α-hetero) is 1. The number of hydrogen-bond donors (Lipinski definition) is 0. The van der Waals surface area contributed by atoms with E-state index in [4.69, 9.17) is 9.47 Å². The number of nitrogens with zero attached hydrogens (tertiary/aromatic N) is 2. The van der Waals surface area contributed by atoms with Crippen LogP contribution in [0.1, 0.15) is 24.0 Å². The first-order valence-corrected chi connectivity index (χ1v) is 10.2. The van der Waals surface area contributed by atoms with Crippen LogP contribution in [-0.2, 0) is 16.6 Å². The molecule has 30 heavy (non-hydrogen) atoms. The highest BCUT2D eigenvalue weighted by Crippen LogP contribution is 2.51. The number of ketones is 1. The Morgan fingerprint density at radius 1 is 1.00 bits per heavy atom. The molecule has 6 rings (SSSR count). The minimum atomic E-state index is -0.374. The quantitative estimate of drug-likeness (QED) is 0.496. The van der Waals surface area contributed by atoms with Crippen molar-refractivity contribution < 1.29 is 14.3 Å². The maximum Gasteiger partial charge on any atom is 0.231 e. The van der Waals surface area contributed by atoms with Gasteiger partial charge in [0.25, 0.3) is 0 Å². The van der Waals surface area contributed by atoms with Gasteiger partial charge in [-0.05, 0) is 48.2 Å². The smallest absolute Gasteiger partial charge is 0.231 e. The van der Waals surface area contributed by atoms with Gasteiger partial charge in [-0.3, -0.25) is 4.79 Å². The van der Waals surface area contributed by atoms with Gasteiger partial charge in [-0.2, -0.15) is 0 Å². The van der Waals surface area contributed by atoms with E-state index in [1.165, 1.54) is 0 Å². The monoisotopic (exact) mass is 396 g/mol. The van der Waals surface area contributed by atoms with Crippen LogP contribution in [0.5, 0.6) is 11.5 Å². The van der Waals surface area contributed by atoms with Crippen molar-refractivity contribution >= 4 is 11.4 Å². The number of rotatable bonds is 5. The zero-order valence-electron chi connectivity index (χ0n) is 16.4. The van der Waals surface area contributed by atoms with Gasteiger partial charge in [-0.25, -0.2) is 4.98 Å². The Hall–Kier alpha value is -3.60. The van der Waals surface area contributed by atoms with Crippen LogP contribution in [0.2, 0.25) is 0 Å². The van der Waals surface area contributed by atoms with Gasteiger partial charge in [0.2, 0.25) is 6.79 Å². The molecule has 148 valence electrons. The van der Waals surface area contributed by atoms with E-state index < -0.39 is 0 Å². The second-order valence-electron chi connectivity index (χ2n) is 8.04. The summed E-state index contributed by atoms with van der Waals surface area (Å²) >= 11 is 0. The van der Waals surface area contributed by atoms with Crippen LogP contribution in [0.3, 0.4) is 0 Å². The standard InChI is InChI=1S/C25H20N2O3/c28-23(25(10-11-25)19-8-9-21-22(14-19)30-16-29-21)13-17-4-6-18(7-5-17)20-15-27-12-2-1-3-24(27)26-20/h1-9,12,14-15H,10-11,13,16H2. The predicted molar refractivity (Wildman–Crippen MR) is 113 cm³/mol. The summed E-state index contributed by atoms with van der Waals surface area (Å²) in [7, 11) is 0. The van der Waals surface area contributed by atoms with Gasteiger partial charge < -0.3 is 13.9 Å². The minimum Gasteiger partial charge on any atom is -0.454 e. The lowest BCUT2D eigenvalue weighted by Crippen LogP contribution is -2.22. The molecule has 0 saturated heterocycles. The van der Waals surface area contributed by atoms with Gasteiger partial charge >= 0.3 is 0 Å². The molecule has 3 heterocycles. The highest BCUT2D eigenvalue weighted by Gasteiger charge is 2.50. The topological polar surface area (TPSA) is 52.8 Å². The number of hydrogen-bond acceptors (Lipinski definition) is 4. The van der Waals surface area contributed by atoms with Crippen molar-refractivity contribution in [3.63, 3.8) is 0 Å². The van der Waals surface area contributed by atoms with Crippen molar-refractivity contribution in [1.29, 1.82) is 0 Å². The molecule has 1 fully saturated rings. The maximum absolute atomic E-state index is 13.2. The molecule has 1 aliphatic heterocycles. The SMILES string of the molecule is O=C(Cc1ccc(-c2cn3ccccc3n2)cc1)C1(c2ccc3c(c2)OCO3)CC1. The number of fused-ring (bicyclic) bond motifs is 2. The Morgan fingerprint density at radius 3 is 2.63 bits per heavy atom. The molecule has 0 atom stereocenters. The van der Waals surface area contributed by atoms with E-state index in [2.05, 4.69) is 4.98 Å². The first-order chi connectivity index (χ1) is 14.7. The Balaban J connectivity index is 1.22. The minimum absolute atomic E-state index is 0.248. The Kier molecular flexibility index (Phi) is 3.72. The maximum atomic E-state index is 13.2. The van der Waals surface area contributed by atoms with E-state index in [9.17, 15) is 4.79 Å². The summed E-state index contributed by atoms with van der Waals surface area (Å²) in [6, 6.07) is 20.0. The number of benzene rings is 2. The Bertz CT molecular complexity index is 1240. The molecule has 5 heteroatoms. The van der Waals surface area contributed by atoms with Crippen molar-refractivity contribution in [2.24, 2.45) is 0 Å². The van der Waals surface area contributed by atoms with E-state index in [1.54, 1.807) is 0 Å². The molecule has 0 amide bonds. The third kappa shape index (κ3) is 2.77. The second kappa shape index (κ2) is 6.46. The number of pyridine rings is 1. The Labute approximate surface area is 173 Å². The summed E-state index contributed by atoms with van der Waals surface area (Å²) in [5, 5.41) is 0. The van der Waals surface area contributed by atoms with Crippen molar-refractivity contribution in [1.82, 2.24) is 9.38 Å². The predicted octanol–water partition coefficient (Wildman–Crippen LogP) is 4.57. The molecule has 0 radical (unpaired) electrons. The van der Waals surface area contributed by atoms with Crippen LogP contribution in [0.4, 0.5) is 0 Å². The molecule has 0 spiro atoms. The molecule has 0 N–H and O–H groups in total. The normalized spacial score (nSPS) is 16.0. The molecule has 2 aromatic carbocycles. The summed E-state index contributed by atoms with van der Waals surface area (Å²) in [5.74, 6) is 1.76. The van der Waals surface area contributed by atoms with Gasteiger partial charge in [0.1, 0.15) is 11.4 Å². The van der Waals surface area contributed by atoms with Crippen LogP contribution >= 0.6 is 0 Å². The lowest BCUT2D eigenvalue weighted by atomic mass is 9.87. The van der Waals surface area contributed by atoms with Crippen LogP contribution in [0.25, 0.3) is 16.9 Å². The van der Waals surface area contributed by atoms with Crippen molar-refractivity contribution in [3.05, 3.63) is 84.2 Å². The van der Waals surface area contributed by atoms with Gasteiger partial charge in [-0.15, -0.1) is 0 Å². The van der Waals surface area contributed by atoms with E-state index >= 15 is 0 Å². The number of aromatic nitrogens is 2. The number of imidazole rings is 1. The number of ether oxygens (including phenoxy) is 2. The molecule has 1 saturated carbocycles. The molecular weight excluding hydrogens is 376 g/mol. The molecule has 2 aliphatic rings. The van der Waals surface area contributed by atoms with Gasteiger partial charge in [0.15, 0.2) is 11.5 Å². The fraction of sp³-hybridized carbons (Fsp3) is 0.200. The zero-order valence-corrected chi connectivity index (χ0v) is 16.4. The van der Waals surface area contributed by atoms with Crippen molar-refractivity contribution in [2.75, 3.05) is 6.79 Å². The first-order valence-electron chi connectivity index (χ1n) is 10.2. The summed E-state index contributed by atoms with van der Waals surface area (Å²) in [4.78, 5) is 17.8. The van der Waals surface area contributed by atoms with E-state index in [0.29, 0.717) is 6.42 Å². The van der Waals surface area contributed by atoms with Crippen LogP contribution in [0, 0.1) is 0 Å². The van der Waals surface area contributed by atoms with Gasteiger partial charge in [0.05, 0.1) is 11.1 Å². The highest BCUT2D eigenvalue weighted by molar-refractivity contribution is 5.94. The van der Waals surface area contributed by atoms with Crippen LogP contribution in [0.15, 0.2) is 73.1 Å². The van der Waals surface area contributed by atoms with E-state index in [0.717, 1.165) is 52.4 Å². The highest BCUT2D eigenvalue weighted by atomic mass is 16.7. The third-order valence-corrected chi connectivity index (χ3v) is 6.19. The third-order valence-electron chi connectivity index (χ3n) is 6.19. The zero-order chi connectivity index (χ0) is 20.1. The lowest BCUT2D eigenvalue weighted by Gasteiger charge is -2.15. The van der Waals surface area contributed by atoms with Crippen LogP contribution in [-0.4, -0.2) is 22.0 Å². The fourth-order valence-corrected chi connectivity index (χ4v) is 4.27. The van der Waals surface area contributed by atoms with E-state index in [1.807, 2.05) is 77.5 Å². The summed E-state index contributed by atoms with van der Waals surface area (Å²) in [5.41, 5.74) is 4.59. The first kappa shape index (κ1) is 17.3. The van der Waals surface area contributed by atoms with Crippen molar-refractivity contribution in [2.45, 2.75) is 24.7 Å². The molecule has 5 nitrogen and oxygen atoms in total. The largest absolute Gasteiger partial charge is 0.454 e. The molecule has 0 unspecified atom stereocenters. The van der Waals surface area contributed by atoms with Gasteiger partial charge in [0, 0.05) is 24.4 Å². The van der Waals surface area contributed by atoms with Gasteiger partial charge in [-0.1, -0.05) is 36.4 Å². The summed E-state index contributed by atoms with van der Waals surface area (Å²) in [6.07, 6.45) is 6.23. The second-order valence-corrected chi connectivity index (χ2v) is 8.04. The summed E-state index contributed by atoms with van der Waals surface area (Å²) < 4.78 is 12.9. The van der Waals surface area contributed by atoms with Crippen molar-refractivity contribution in [3.8, 4) is 22.8 Å². The Morgan fingerprint density at radius 2 is 1.83 bits per heavy atom. The molecular formula is C25H20N2O3. The molecule has 2 aromatic heterocycles. The average molecular weight is 396 g/mol. The van der Waals surface area contributed by atoms with E-state index in [-0.39, 0.29) is 18.0 Å². The number of carbonyl (C=O) groups excluding carboxylic acids is 1. The molecule has 1 aliphatic carbocycles. The fourth-order valence-electron chi connectivity index (χ4n) is 4.27. The molecule has 4 aromatic rings. The van der Waals surface area contributed by atoms with Crippen LogP contribution < -0.4 is 9.47 Å². The lowest BCUT2D eigenvalue weighted by molar-refractivity contribution is -0.120. The number of carbonyl (C=O) groups is 1. The average Bonchev–Trinajstić information content (AvgIpc) is 3.26.